The zero-order valence-electron chi connectivity index (χ0n) is 14.9. The molecule has 0 bridgehead atoms. The molecule has 0 aromatic heterocycles. The van der Waals surface area contributed by atoms with Crippen molar-refractivity contribution in [3.8, 4) is 0 Å². The Balaban J connectivity index is 1.73. The van der Waals surface area contributed by atoms with E-state index in [0.29, 0.717) is 36.8 Å². The second-order valence-corrected chi connectivity index (χ2v) is 7.61. The van der Waals surface area contributed by atoms with Crippen molar-refractivity contribution in [2.24, 2.45) is 0 Å². The molecule has 0 saturated carbocycles. The van der Waals surface area contributed by atoms with E-state index in [1.807, 2.05) is 41.3 Å². The van der Waals surface area contributed by atoms with Crippen LogP contribution in [0.3, 0.4) is 0 Å². The van der Waals surface area contributed by atoms with Crippen LogP contribution in [0.4, 0.5) is 0 Å². The van der Waals surface area contributed by atoms with E-state index in [1.54, 1.807) is 17.0 Å². The quantitative estimate of drug-likeness (QED) is 0.664. The van der Waals surface area contributed by atoms with E-state index in [-0.39, 0.29) is 11.9 Å². The van der Waals surface area contributed by atoms with E-state index in [2.05, 4.69) is 15.9 Å². The highest BCUT2D eigenvalue weighted by atomic mass is 79.9. The minimum absolute atomic E-state index is 0.0108. The minimum atomic E-state index is -0.577. The highest BCUT2D eigenvalue weighted by molar-refractivity contribution is 9.10. The van der Waals surface area contributed by atoms with Crippen LogP contribution in [0.15, 0.2) is 53.0 Å². The number of methoxy groups -OCH3 is 1. The zero-order chi connectivity index (χ0) is 19.4. The second kappa shape index (κ2) is 8.87. The van der Waals surface area contributed by atoms with Gasteiger partial charge in [-0.3, -0.25) is 9.69 Å². The molecule has 5 nitrogen and oxygen atoms in total. The van der Waals surface area contributed by atoms with E-state index in [9.17, 15) is 9.59 Å². The van der Waals surface area contributed by atoms with Gasteiger partial charge in [0.1, 0.15) is 6.04 Å². The highest BCUT2D eigenvalue weighted by Gasteiger charge is 2.33. The molecule has 2 aromatic rings. The third-order valence-corrected chi connectivity index (χ3v) is 5.50. The van der Waals surface area contributed by atoms with Gasteiger partial charge in [0.05, 0.1) is 7.11 Å². The van der Waals surface area contributed by atoms with Gasteiger partial charge in [-0.25, -0.2) is 4.79 Å². The van der Waals surface area contributed by atoms with Crippen LogP contribution in [0.5, 0.6) is 0 Å². The van der Waals surface area contributed by atoms with Gasteiger partial charge in [-0.05, 0) is 29.8 Å². The predicted molar refractivity (Wildman–Crippen MR) is 108 cm³/mol. The summed E-state index contributed by atoms with van der Waals surface area (Å²) in [7, 11) is 1.37. The number of hydrogen-bond acceptors (Lipinski definition) is 4. The molecule has 0 aliphatic carbocycles. The molecular formula is C20H20BrClN2O3. The number of ether oxygens (including phenoxy) is 1. The number of benzene rings is 2. The van der Waals surface area contributed by atoms with E-state index in [0.717, 1.165) is 10.0 Å². The monoisotopic (exact) mass is 450 g/mol. The smallest absolute Gasteiger partial charge is 0.327 e. The molecule has 2 aromatic carbocycles. The van der Waals surface area contributed by atoms with Crippen molar-refractivity contribution in [2.45, 2.75) is 6.04 Å². The summed E-state index contributed by atoms with van der Waals surface area (Å²) in [6.07, 6.45) is 0. The average molecular weight is 452 g/mol. The van der Waals surface area contributed by atoms with Crippen LogP contribution < -0.4 is 0 Å². The van der Waals surface area contributed by atoms with Crippen LogP contribution in [0.1, 0.15) is 22.0 Å². The first-order valence-corrected chi connectivity index (χ1v) is 9.79. The molecule has 1 aliphatic rings. The van der Waals surface area contributed by atoms with Gasteiger partial charge < -0.3 is 9.64 Å². The average Bonchev–Trinajstić information content (AvgIpc) is 2.69. The number of halogens is 2. The van der Waals surface area contributed by atoms with Gasteiger partial charge in [-0.15, -0.1) is 0 Å². The van der Waals surface area contributed by atoms with Crippen molar-refractivity contribution in [2.75, 3.05) is 33.3 Å². The maximum atomic E-state index is 12.7. The molecule has 1 aliphatic heterocycles. The number of carbonyl (C=O) groups excluding carboxylic acids is 2. The molecule has 0 N–H and O–H groups in total. The molecule has 0 spiro atoms. The molecule has 1 fully saturated rings. The van der Waals surface area contributed by atoms with Crippen molar-refractivity contribution in [1.82, 2.24) is 9.80 Å². The molecule has 1 saturated heterocycles. The second-order valence-electron chi connectivity index (χ2n) is 6.29. The molecule has 7 heteroatoms. The fourth-order valence-electron chi connectivity index (χ4n) is 3.27. The number of piperazine rings is 1. The third-order valence-electron chi connectivity index (χ3n) is 4.66. The third kappa shape index (κ3) is 4.51. The summed E-state index contributed by atoms with van der Waals surface area (Å²) < 4.78 is 5.88. The summed E-state index contributed by atoms with van der Waals surface area (Å²) in [5.74, 6) is -0.363. The normalized spacial score (nSPS) is 16.0. The van der Waals surface area contributed by atoms with Crippen molar-refractivity contribution >= 4 is 39.4 Å². The summed E-state index contributed by atoms with van der Waals surface area (Å²) in [5.41, 5.74) is 1.37. The Morgan fingerprint density at radius 3 is 2.41 bits per heavy atom. The van der Waals surface area contributed by atoms with Crippen LogP contribution in [0, 0.1) is 0 Å². The van der Waals surface area contributed by atoms with Crippen molar-refractivity contribution < 1.29 is 14.3 Å². The van der Waals surface area contributed by atoms with Crippen LogP contribution in [0.25, 0.3) is 0 Å². The van der Waals surface area contributed by atoms with E-state index in [4.69, 9.17) is 16.3 Å². The van der Waals surface area contributed by atoms with Gasteiger partial charge in [0, 0.05) is 41.2 Å². The Labute approximate surface area is 172 Å². The molecule has 3 rings (SSSR count). The number of nitrogens with zero attached hydrogens (tertiary/aromatic N) is 2. The lowest BCUT2D eigenvalue weighted by Gasteiger charge is -2.38. The maximum Gasteiger partial charge on any atom is 0.327 e. The summed E-state index contributed by atoms with van der Waals surface area (Å²) in [4.78, 5) is 29.0. The maximum absolute atomic E-state index is 12.7. The summed E-state index contributed by atoms with van der Waals surface area (Å²) in [6.45, 7) is 2.18. The van der Waals surface area contributed by atoms with Crippen LogP contribution in [-0.2, 0) is 9.53 Å². The molecule has 1 atom stereocenters. The Kier molecular flexibility index (Phi) is 6.52. The molecule has 0 radical (unpaired) electrons. The lowest BCUT2D eigenvalue weighted by Crippen LogP contribution is -2.51. The first-order valence-electron chi connectivity index (χ1n) is 8.62. The molecule has 142 valence electrons. The number of hydrogen-bond donors (Lipinski definition) is 0. The molecule has 1 amide bonds. The number of carbonyl (C=O) groups is 2. The summed E-state index contributed by atoms with van der Waals surface area (Å²) >= 11 is 9.71. The molecule has 27 heavy (non-hydrogen) atoms. The lowest BCUT2D eigenvalue weighted by atomic mass is 10.0. The van der Waals surface area contributed by atoms with E-state index in [1.165, 1.54) is 7.11 Å². The Morgan fingerprint density at radius 1 is 1.07 bits per heavy atom. The summed E-state index contributed by atoms with van der Waals surface area (Å²) in [6, 6.07) is 14.1. The Morgan fingerprint density at radius 2 is 1.78 bits per heavy atom. The van der Waals surface area contributed by atoms with Gasteiger partial charge in [-0.2, -0.15) is 0 Å². The molecule has 1 heterocycles. The number of esters is 1. The van der Waals surface area contributed by atoms with Gasteiger partial charge in [0.15, 0.2) is 0 Å². The summed E-state index contributed by atoms with van der Waals surface area (Å²) in [5, 5.41) is 0.528. The van der Waals surface area contributed by atoms with Crippen LogP contribution >= 0.6 is 27.5 Å². The van der Waals surface area contributed by atoms with Gasteiger partial charge >= 0.3 is 5.97 Å². The first kappa shape index (κ1) is 19.9. The molecule has 1 unspecified atom stereocenters. The van der Waals surface area contributed by atoms with E-state index >= 15 is 0 Å². The van der Waals surface area contributed by atoms with Gasteiger partial charge in [-0.1, -0.05) is 51.8 Å². The Bertz CT molecular complexity index is 837. The standard InChI is InChI=1S/C20H20BrClN2O3/c1-27-20(26)18(16-7-2-3-8-17(16)22)23-9-11-24(12-10-23)19(25)14-5-4-6-15(21)13-14/h2-8,13,18H,9-12H2,1H3. The van der Waals surface area contributed by atoms with Crippen molar-refractivity contribution in [3.63, 3.8) is 0 Å². The van der Waals surface area contributed by atoms with Gasteiger partial charge in [0.25, 0.3) is 5.91 Å². The number of amides is 1. The largest absolute Gasteiger partial charge is 0.468 e. The van der Waals surface area contributed by atoms with Gasteiger partial charge in [0.2, 0.25) is 0 Å². The molecular weight excluding hydrogens is 432 g/mol. The SMILES string of the molecule is COC(=O)C(c1ccccc1Cl)N1CCN(C(=O)c2cccc(Br)c2)CC1. The highest BCUT2D eigenvalue weighted by Crippen LogP contribution is 2.29. The topological polar surface area (TPSA) is 49.9 Å². The van der Waals surface area contributed by atoms with Crippen molar-refractivity contribution in [1.29, 1.82) is 0 Å². The van der Waals surface area contributed by atoms with Crippen molar-refractivity contribution in [3.05, 3.63) is 69.2 Å². The minimum Gasteiger partial charge on any atom is -0.468 e. The van der Waals surface area contributed by atoms with E-state index < -0.39 is 6.04 Å². The van der Waals surface area contributed by atoms with Crippen LogP contribution in [-0.4, -0.2) is 55.0 Å². The number of rotatable bonds is 4. The lowest BCUT2D eigenvalue weighted by molar-refractivity contribution is -0.148. The fraction of sp³-hybridized carbons (Fsp3) is 0.300. The first-order chi connectivity index (χ1) is 13.0. The van der Waals surface area contributed by atoms with Crippen LogP contribution in [0.2, 0.25) is 5.02 Å². The fourth-order valence-corrected chi connectivity index (χ4v) is 3.91. The Hall–Kier alpha value is -1.89. The predicted octanol–water partition coefficient (Wildman–Crippen LogP) is 3.77. The zero-order valence-corrected chi connectivity index (χ0v) is 17.2.